The van der Waals surface area contributed by atoms with E-state index in [0.29, 0.717) is 29.0 Å². The second-order valence-corrected chi connectivity index (χ2v) is 9.86. The number of anilines is 1. The number of aromatic carboxylic acids is 1. The number of aryl methyl sites for hydroxylation is 1. The van der Waals surface area contributed by atoms with Crippen molar-refractivity contribution in [3.05, 3.63) is 64.5 Å². The Kier molecular flexibility index (Phi) is 7.13. The molecule has 33 heavy (non-hydrogen) atoms. The van der Waals surface area contributed by atoms with Gasteiger partial charge in [0.25, 0.3) is 10.0 Å². The minimum atomic E-state index is -4.46. The minimum absolute atomic E-state index is 0.0845. The molecule has 0 aliphatic carbocycles. The lowest BCUT2D eigenvalue weighted by Gasteiger charge is -2.22. The Bertz CT molecular complexity index is 1250. The number of rotatable bonds is 8. The summed E-state index contributed by atoms with van der Waals surface area (Å²) in [5, 5.41) is 11.3. The second kappa shape index (κ2) is 9.52. The number of hydrogen-bond acceptors (Lipinski definition) is 5. The molecule has 0 bridgehead atoms. The molecule has 11 heteroatoms. The summed E-state index contributed by atoms with van der Waals surface area (Å²) in [7, 11) is -4.13. The van der Waals surface area contributed by atoms with Crippen LogP contribution in [0.25, 0.3) is 10.6 Å². The van der Waals surface area contributed by atoms with E-state index in [1.54, 1.807) is 13.8 Å². The molecular formula is C22H21F3N2O4S2. The van der Waals surface area contributed by atoms with Crippen molar-refractivity contribution in [2.24, 2.45) is 0 Å². The third-order valence-electron chi connectivity index (χ3n) is 4.91. The Morgan fingerprint density at radius 1 is 1.12 bits per heavy atom. The van der Waals surface area contributed by atoms with Gasteiger partial charge < -0.3 is 5.11 Å². The van der Waals surface area contributed by atoms with Gasteiger partial charge in [-0.05, 0) is 42.7 Å². The van der Waals surface area contributed by atoms with Gasteiger partial charge in [-0.1, -0.05) is 32.0 Å². The Balaban J connectivity index is 1.99. The van der Waals surface area contributed by atoms with Crippen molar-refractivity contribution in [2.45, 2.75) is 37.8 Å². The van der Waals surface area contributed by atoms with Gasteiger partial charge in [-0.3, -0.25) is 0 Å². The lowest BCUT2D eigenvalue weighted by atomic mass is 10.1. The van der Waals surface area contributed by atoms with Crippen LogP contribution in [0.3, 0.4) is 0 Å². The van der Waals surface area contributed by atoms with Crippen LogP contribution in [0, 0.1) is 0 Å². The van der Waals surface area contributed by atoms with Gasteiger partial charge in [-0.25, -0.2) is 22.5 Å². The van der Waals surface area contributed by atoms with Gasteiger partial charge in [0.05, 0.1) is 16.0 Å². The maximum absolute atomic E-state index is 13.4. The molecule has 0 unspecified atom stereocenters. The zero-order valence-electron chi connectivity index (χ0n) is 17.8. The number of carbonyl (C=O) groups is 1. The highest BCUT2D eigenvalue weighted by Gasteiger charge is 2.31. The fraction of sp³-hybridized carbons (Fsp3) is 0.273. The maximum atomic E-state index is 13.4. The molecule has 0 saturated heterocycles. The van der Waals surface area contributed by atoms with Gasteiger partial charge >= 0.3 is 12.1 Å². The summed E-state index contributed by atoms with van der Waals surface area (Å²) < 4.78 is 66.3. The molecule has 6 nitrogen and oxygen atoms in total. The van der Waals surface area contributed by atoms with Crippen LogP contribution in [-0.4, -0.2) is 31.0 Å². The molecule has 0 aliphatic heterocycles. The zero-order chi connectivity index (χ0) is 24.4. The Morgan fingerprint density at radius 2 is 1.79 bits per heavy atom. The lowest BCUT2D eigenvalue weighted by Crippen LogP contribution is -2.32. The van der Waals surface area contributed by atoms with E-state index in [1.165, 1.54) is 29.6 Å². The van der Waals surface area contributed by atoms with E-state index in [4.69, 9.17) is 0 Å². The predicted octanol–water partition coefficient (Wildman–Crippen LogP) is 5.69. The fourth-order valence-corrected chi connectivity index (χ4v) is 5.63. The van der Waals surface area contributed by atoms with E-state index in [2.05, 4.69) is 4.98 Å². The molecule has 1 heterocycles. The first-order chi connectivity index (χ1) is 15.5. The molecule has 0 saturated carbocycles. The standard InChI is InChI=1S/C22H21F3N2O4S2/c1-3-11-27(33(30,31)17-10-7-14(4-2)18(12-17)21(28)29)19-13-32-20(26-19)15-5-8-16(9-6-15)22(23,24)25/h5-10,12-13H,3-4,11H2,1-2H3,(H,28,29). The molecule has 0 atom stereocenters. The highest BCUT2D eigenvalue weighted by molar-refractivity contribution is 7.92. The van der Waals surface area contributed by atoms with E-state index in [0.717, 1.165) is 33.8 Å². The number of nitrogens with zero attached hydrogens (tertiary/aromatic N) is 2. The Labute approximate surface area is 193 Å². The van der Waals surface area contributed by atoms with Crippen LogP contribution in [0.5, 0.6) is 0 Å². The molecule has 0 radical (unpaired) electrons. The number of thiazole rings is 1. The number of halogens is 3. The third-order valence-corrected chi connectivity index (χ3v) is 7.59. The molecule has 1 N–H and O–H groups in total. The van der Waals surface area contributed by atoms with Crippen LogP contribution < -0.4 is 4.31 Å². The molecule has 3 aromatic rings. The summed E-state index contributed by atoms with van der Waals surface area (Å²) in [6.45, 7) is 3.66. The van der Waals surface area contributed by atoms with Gasteiger partial charge in [-0.15, -0.1) is 11.3 Å². The number of carboxylic acids is 1. The van der Waals surface area contributed by atoms with E-state index < -0.39 is 27.7 Å². The largest absolute Gasteiger partial charge is 0.478 e. The van der Waals surface area contributed by atoms with Crippen LogP contribution >= 0.6 is 11.3 Å². The average Bonchev–Trinajstić information content (AvgIpc) is 3.26. The van der Waals surface area contributed by atoms with Crippen molar-refractivity contribution in [3.63, 3.8) is 0 Å². The number of sulfonamides is 1. The highest BCUT2D eigenvalue weighted by atomic mass is 32.2. The highest BCUT2D eigenvalue weighted by Crippen LogP contribution is 2.34. The molecule has 0 spiro atoms. The molecule has 2 aromatic carbocycles. The van der Waals surface area contributed by atoms with Gasteiger partial charge in [0.15, 0.2) is 5.82 Å². The SMILES string of the molecule is CCCN(c1csc(-c2ccc(C(F)(F)F)cc2)n1)S(=O)(=O)c1ccc(CC)c(C(=O)O)c1. The number of alkyl halides is 3. The number of benzene rings is 2. The van der Waals surface area contributed by atoms with Gasteiger partial charge in [0.2, 0.25) is 0 Å². The summed E-state index contributed by atoms with van der Waals surface area (Å²) in [5.74, 6) is -1.10. The summed E-state index contributed by atoms with van der Waals surface area (Å²) in [6, 6.07) is 8.45. The third kappa shape index (κ3) is 5.19. The Morgan fingerprint density at radius 3 is 2.33 bits per heavy atom. The van der Waals surface area contributed by atoms with Crippen LogP contribution in [0.1, 0.15) is 41.8 Å². The van der Waals surface area contributed by atoms with E-state index in [-0.39, 0.29) is 22.8 Å². The van der Waals surface area contributed by atoms with Gasteiger partial charge in [-0.2, -0.15) is 13.2 Å². The van der Waals surface area contributed by atoms with E-state index in [1.807, 2.05) is 0 Å². The van der Waals surface area contributed by atoms with Crippen LogP contribution in [-0.2, 0) is 22.6 Å². The number of carboxylic acid groups (broad SMARTS) is 1. The van der Waals surface area contributed by atoms with E-state index >= 15 is 0 Å². The first-order valence-electron chi connectivity index (χ1n) is 10.0. The van der Waals surface area contributed by atoms with Gasteiger partial charge in [0.1, 0.15) is 5.01 Å². The van der Waals surface area contributed by atoms with Crippen molar-refractivity contribution >= 4 is 33.1 Å². The number of hydrogen-bond donors (Lipinski definition) is 1. The second-order valence-electron chi connectivity index (χ2n) is 7.14. The smallest absolute Gasteiger partial charge is 0.416 e. The molecule has 0 amide bonds. The fourth-order valence-electron chi connectivity index (χ4n) is 3.23. The first kappa shape index (κ1) is 24.7. The summed E-state index contributed by atoms with van der Waals surface area (Å²) >= 11 is 1.10. The Hall–Kier alpha value is -2.92. The molecular weight excluding hydrogens is 477 g/mol. The van der Waals surface area contributed by atoms with Crippen molar-refractivity contribution in [1.29, 1.82) is 0 Å². The monoisotopic (exact) mass is 498 g/mol. The maximum Gasteiger partial charge on any atom is 0.416 e. The van der Waals surface area contributed by atoms with Gasteiger partial charge in [0, 0.05) is 17.5 Å². The molecule has 176 valence electrons. The molecule has 1 aromatic heterocycles. The predicted molar refractivity (Wildman–Crippen MR) is 120 cm³/mol. The van der Waals surface area contributed by atoms with Crippen molar-refractivity contribution in [3.8, 4) is 10.6 Å². The summed E-state index contributed by atoms with van der Waals surface area (Å²) in [6.07, 6.45) is -3.56. The molecule has 3 rings (SSSR count). The number of aromatic nitrogens is 1. The van der Waals surface area contributed by atoms with Crippen molar-refractivity contribution in [1.82, 2.24) is 4.98 Å². The first-order valence-corrected chi connectivity index (χ1v) is 12.3. The van der Waals surface area contributed by atoms with Crippen LogP contribution in [0.4, 0.5) is 19.0 Å². The molecule has 0 aliphatic rings. The van der Waals surface area contributed by atoms with Crippen LogP contribution in [0.2, 0.25) is 0 Å². The normalized spacial score (nSPS) is 12.0. The molecule has 0 fully saturated rings. The summed E-state index contributed by atoms with van der Waals surface area (Å²) in [5.41, 5.74) is 0.0667. The van der Waals surface area contributed by atoms with Crippen LogP contribution in [0.15, 0.2) is 52.7 Å². The zero-order valence-corrected chi connectivity index (χ0v) is 19.4. The lowest BCUT2D eigenvalue weighted by molar-refractivity contribution is -0.137. The minimum Gasteiger partial charge on any atom is -0.478 e. The quantitative estimate of drug-likeness (QED) is 0.431. The van der Waals surface area contributed by atoms with Crippen molar-refractivity contribution < 1.29 is 31.5 Å². The topological polar surface area (TPSA) is 87.6 Å². The average molecular weight is 499 g/mol. The van der Waals surface area contributed by atoms with Crippen molar-refractivity contribution in [2.75, 3.05) is 10.8 Å². The summed E-state index contributed by atoms with van der Waals surface area (Å²) in [4.78, 5) is 15.8. The van der Waals surface area contributed by atoms with E-state index in [9.17, 15) is 31.5 Å².